The molecule has 0 unspecified atom stereocenters. The fourth-order valence-corrected chi connectivity index (χ4v) is 1.53. The highest BCUT2D eigenvalue weighted by atomic mass is 14.6. The normalized spacial score (nSPS) is 9.56. The first-order valence-electron chi connectivity index (χ1n) is 5.39. The summed E-state index contributed by atoms with van der Waals surface area (Å²) in [4.78, 5) is 3.04. The van der Waals surface area contributed by atoms with E-state index in [1.165, 1.54) is 16.3 Å². The van der Waals surface area contributed by atoms with E-state index >= 15 is 0 Å². The fourth-order valence-electron chi connectivity index (χ4n) is 1.53. The highest BCUT2D eigenvalue weighted by Crippen LogP contribution is 2.10. The molecule has 0 saturated heterocycles. The lowest BCUT2D eigenvalue weighted by Gasteiger charge is -1.82. The molecule has 0 aliphatic heterocycles. The highest BCUT2D eigenvalue weighted by Gasteiger charge is 1.86. The molecule has 1 heterocycles. The van der Waals surface area contributed by atoms with Crippen LogP contribution < -0.4 is 0 Å². The summed E-state index contributed by atoms with van der Waals surface area (Å²) >= 11 is 0. The Morgan fingerprint density at radius 2 is 1.19 bits per heavy atom. The van der Waals surface area contributed by atoms with Crippen molar-refractivity contribution in [1.82, 2.24) is 4.98 Å². The second kappa shape index (κ2) is 5.17. The second-order valence-corrected chi connectivity index (χ2v) is 3.74. The molecule has 3 rings (SSSR count). The molecule has 0 aliphatic rings. The summed E-state index contributed by atoms with van der Waals surface area (Å²) in [5.41, 5.74) is 1.32. The van der Waals surface area contributed by atoms with Crippen molar-refractivity contribution in [2.24, 2.45) is 0 Å². The Kier molecular flexibility index (Phi) is 3.39. The van der Waals surface area contributed by atoms with Crippen LogP contribution in [-0.2, 0) is 0 Å². The van der Waals surface area contributed by atoms with Gasteiger partial charge in [-0.25, -0.2) is 0 Å². The van der Waals surface area contributed by atoms with Gasteiger partial charge in [0.15, 0.2) is 0 Å². The minimum atomic E-state index is 1.28. The van der Waals surface area contributed by atoms with Gasteiger partial charge in [-0.05, 0) is 17.7 Å². The van der Waals surface area contributed by atoms with Gasteiger partial charge in [-0.3, -0.25) is 0 Å². The lowest BCUT2D eigenvalue weighted by Crippen LogP contribution is -1.62. The Bertz CT molecular complexity index is 507. The summed E-state index contributed by atoms with van der Waals surface area (Å²) in [5, 5.41) is 2.55. The summed E-state index contributed by atoms with van der Waals surface area (Å²) in [6, 6.07) is 18.5. The average molecular weight is 209 g/mol. The monoisotopic (exact) mass is 209 g/mol. The van der Waals surface area contributed by atoms with Crippen molar-refractivity contribution in [1.29, 1.82) is 0 Å². The molecule has 0 aliphatic carbocycles. The van der Waals surface area contributed by atoms with Crippen LogP contribution in [0.1, 0.15) is 5.56 Å². The van der Waals surface area contributed by atoms with Gasteiger partial charge in [0.2, 0.25) is 0 Å². The maximum absolute atomic E-state index is 3.04. The van der Waals surface area contributed by atoms with E-state index < -0.39 is 0 Å². The molecule has 1 N–H and O–H groups in total. The predicted molar refractivity (Wildman–Crippen MR) is 69.5 cm³/mol. The van der Waals surface area contributed by atoms with Crippen molar-refractivity contribution >= 4 is 10.8 Å². The first-order valence-corrected chi connectivity index (χ1v) is 5.39. The Balaban J connectivity index is 0.000000125. The van der Waals surface area contributed by atoms with Gasteiger partial charge in [-0.2, -0.15) is 0 Å². The van der Waals surface area contributed by atoms with E-state index in [9.17, 15) is 0 Å². The smallest absolute Gasteiger partial charge is 0.00843 e. The maximum atomic E-state index is 3.04. The second-order valence-electron chi connectivity index (χ2n) is 3.74. The van der Waals surface area contributed by atoms with Crippen LogP contribution in [0.5, 0.6) is 0 Å². The zero-order chi connectivity index (χ0) is 11.2. The van der Waals surface area contributed by atoms with Crippen LogP contribution in [0, 0.1) is 6.92 Å². The molecule has 1 nitrogen and oxygen atoms in total. The molecule has 0 radical (unpaired) electrons. The lowest BCUT2D eigenvalue weighted by atomic mass is 10.2. The average Bonchev–Trinajstić information content (AvgIpc) is 2.79. The summed E-state index contributed by atoms with van der Waals surface area (Å²) < 4.78 is 0. The van der Waals surface area contributed by atoms with Crippen LogP contribution in [0.2, 0.25) is 0 Å². The third kappa shape index (κ3) is 2.74. The predicted octanol–water partition coefficient (Wildman–Crippen LogP) is 4.16. The molecule has 80 valence electrons. The molecule has 1 aromatic heterocycles. The molecule has 0 amide bonds. The Morgan fingerprint density at radius 1 is 0.688 bits per heavy atom. The summed E-state index contributed by atoms with van der Waals surface area (Å²) in [5.74, 6) is 0. The van der Waals surface area contributed by atoms with E-state index in [1.807, 2.05) is 42.7 Å². The first-order chi connectivity index (χ1) is 7.86. The number of aryl methyl sites for hydroxylation is 1. The summed E-state index contributed by atoms with van der Waals surface area (Å²) in [6.45, 7) is 2.08. The van der Waals surface area contributed by atoms with Gasteiger partial charge in [0, 0.05) is 12.4 Å². The Labute approximate surface area is 95.8 Å². The van der Waals surface area contributed by atoms with Crippen LogP contribution in [0.4, 0.5) is 0 Å². The lowest BCUT2D eigenvalue weighted by molar-refractivity contribution is 1.43. The molecular weight excluding hydrogens is 194 g/mol. The number of nitrogens with one attached hydrogen (secondary N) is 1. The molecule has 0 spiro atoms. The van der Waals surface area contributed by atoms with E-state index in [4.69, 9.17) is 0 Å². The van der Waals surface area contributed by atoms with E-state index in [1.54, 1.807) is 0 Å². The third-order valence-corrected chi connectivity index (χ3v) is 2.41. The van der Waals surface area contributed by atoms with Crippen molar-refractivity contribution in [3.63, 3.8) is 0 Å². The van der Waals surface area contributed by atoms with E-state index in [2.05, 4.69) is 36.2 Å². The molecule has 2 aromatic carbocycles. The molecule has 0 saturated carbocycles. The zero-order valence-corrected chi connectivity index (χ0v) is 9.35. The van der Waals surface area contributed by atoms with Crippen LogP contribution >= 0.6 is 0 Å². The third-order valence-electron chi connectivity index (χ3n) is 2.41. The van der Waals surface area contributed by atoms with Gasteiger partial charge in [-0.1, -0.05) is 60.2 Å². The first kappa shape index (κ1) is 10.5. The Hall–Kier alpha value is -2.02. The SMILES string of the molecule is Cc1ccccc1.c1ccc2c[nH]cc2c1. The van der Waals surface area contributed by atoms with Gasteiger partial charge in [0.05, 0.1) is 0 Å². The minimum Gasteiger partial charge on any atom is -0.366 e. The van der Waals surface area contributed by atoms with Gasteiger partial charge in [-0.15, -0.1) is 0 Å². The van der Waals surface area contributed by atoms with Gasteiger partial charge >= 0.3 is 0 Å². The van der Waals surface area contributed by atoms with Crippen LogP contribution in [-0.4, -0.2) is 4.98 Å². The van der Waals surface area contributed by atoms with Crippen molar-refractivity contribution in [3.05, 3.63) is 72.6 Å². The molecule has 1 heteroatoms. The van der Waals surface area contributed by atoms with Crippen molar-refractivity contribution in [2.75, 3.05) is 0 Å². The van der Waals surface area contributed by atoms with Crippen LogP contribution in [0.25, 0.3) is 10.8 Å². The molecule has 0 fully saturated rings. The quantitative estimate of drug-likeness (QED) is 0.572. The van der Waals surface area contributed by atoms with Crippen molar-refractivity contribution in [3.8, 4) is 0 Å². The van der Waals surface area contributed by atoms with E-state index in [0.29, 0.717) is 0 Å². The largest absolute Gasteiger partial charge is 0.366 e. The number of benzene rings is 2. The number of hydrogen-bond acceptors (Lipinski definition) is 0. The number of H-pyrrole nitrogens is 1. The van der Waals surface area contributed by atoms with Crippen molar-refractivity contribution < 1.29 is 0 Å². The fraction of sp³-hybridized carbons (Fsp3) is 0.0667. The molecule has 0 atom stereocenters. The topological polar surface area (TPSA) is 15.8 Å². The number of hydrogen-bond donors (Lipinski definition) is 1. The molecular formula is C15H15N. The summed E-state index contributed by atoms with van der Waals surface area (Å²) in [6.07, 6.45) is 3.99. The van der Waals surface area contributed by atoms with Crippen molar-refractivity contribution in [2.45, 2.75) is 6.92 Å². The minimum absolute atomic E-state index is 1.28. The number of aromatic nitrogens is 1. The molecule has 0 bridgehead atoms. The van der Waals surface area contributed by atoms with Crippen LogP contribution in [0.15, 0.2) is 67.0 Å². The zero-order valence-electron chi connectivity index (χ0n) is 9.35. The number of aromatic amines is 1. The van der Waals surface area contributed by atoms with Crippen LogP contribution in [0.3, 0.4) is 0 Å². The highest BCUT2D eigenvalue weighted by molar-refractivity contribution is 5.81. The van der Waals surface area contributed by atoms with E-state index in [0.717, 1.165) is 0 Å². The molecule has 3 aromatic rings. The summed E-state index contributed by atoms with van der Waals surface area (Å²) in [7, 11) is 0. The van der Waals surface area contributed by atoms with Gasteiger partial charge < -0.3 is 4.98 Å². The molecule has 16 heavy (non-hydrogen) atoms. The van der Waals surface area contributed by atoms with Gasteiger partial charge in [0.1, 0.15) is 0 Å². The number of fused-ring (bicyclic) bond motifs is 1. The van der Waals surface area contributed by atoms with Gasteiger partial charge in [0.25, 0.3) is 0 Å². The Morgan fingerprint density at radius 3 is 1.62 bits per heavy atom. The maximum Gasteiger partial charge on any atom is 0.00843 e. The number of rotatable bonds is 0. The standard InChI is InChI=1S/C8H7N.C7H8/c1-2-4-8-6-9-5-7(8)3-1;1-7-5-3-2-4-6-7/h1-6,9H;2-6H,1H3. The van der Waals surface area contributed by atoms with E-state index in [-0.39, 0.29) is 0 Å².